The summed E-state index contributed by atoms with van der Waals surface area (Å²) in [6.07, 6.45) is 1.69. The van der Waals surface area contributed by atoms with E-state index in [2.05, 4.69) is 5.48 Å². The lowest BCUT2D eigenvalue weighted by molar-refractivity contribution is -0.130. The van der Waals surface area contributed by atoms with Crippen LogP contribution < -0.4 is 5.48 Å². The van der Waals surface area contributed by atoms with E-state index in [-0.39, 0.29) is 11.9 Å². The molecule has 1 aliphatic rings. The van der Waals surface area contributed by atoms with Gasteiger partial charge in [0.05, 0.1) is 0 Å². The Labute approximate surface area is 66.1 Å². The fourth-order valence-corrected chi connectivity index (χ4v) is 1.32. The molecule has 0 aromatic heterocycles. The predicted molar refractivity (Wildman–Crippen MR) is 40.2 cm³/mol. The van der Waals surface area contributed by atoms with Crippen molar-refractivity contribution in [1.29, 1.82) is 0 Å². The van der Waals surface area contributed by atoms with Gasteiger partial charge >= 0.3 is 0 Å². The Bertz CT molecular complexity index is 141. The quantitative estimate of drug-likeness (QED) is 0.527. The molecule has 0 radical (unpaired) electrons. The number of carbonyl (C=O) groups excluding carboxylic acids is 1. The minimum absolute atomic E-state index is 0.126. The molecule has 1 rings (SSSR count). The number of hydrogen-bond donors (Lipinski definition) is 2. The van der Waals surface area contributed by atoms with E-state index in [4.69, 9.17) is 5.21 Å². The van der Waals surface area contributed by atoms with Crippen molar-refractivity contribution in [1.82, 2.24) is 10.4 Å². The molecule has 4 nitrogen and oxygen atoms in total. The summed E-state index contributed by atoms with van der Waals surface area (Å²) in [4.78, 5) is 12.6. The molecule has 1 amide bonds. The normalized spacial score (nSPS) is 20.4. The van der Waals surface area contributed by atoms with Gasteiger partial charge in [-0.05, 0) is 12.8 Å². The monoisotopic (exact) mass is 158 g/mol. The van der Waals surface area contributed by atoms with E-state index < -0.39 is 0 Å². The van der Waals surface area contributed by atoms with Crippen LogP contribution in [0.1, 0.15) is 19.8 Å². The largest absolute Gasteiger partial charge is 0.343 e. The lowest BCUT2D eigenvalue weighted by Gasteiger charge is -2.30. The number of rotatable bonds is 1. The van der Waals surface area contributed by atoms with Crippen LogP contribution in [0.2, 0.25) is 0 Å². The number of carbonyl (C=O) groups is 1. The Hall–Kier alpha value is -0.610. The van der Waals surface area contributed by atoms with Gasteiger partial charge in [-0.2, -0.15) is 0 Å². The predicted octanol–water partition coefficient (Wildman–Crippen LogP) is -0.0239. The van der Waals surface area contributed by atoms with E-state index in [0.29, 0.717) is 0 Å². The van der Waals surface area contributed by atoms with Gasteiger partial charge in [-0.25, -0.2) is 5.48 Å². The topological polar surface area (TPSA) is 52.6 Å². The Morgan fingerprint density at radius 2 is 2.09 bits per heavy atom. The number of nitrogens with one attached hydrogen (secondary N) is 1. The molecule has 0 aliphatic carbocycles. The van der Waals surface area contributed by atoms with Crippen LogP contribution in [0, 0.1) is 0 Å². The van der Waals surface area contributed by atoms with E-state index in [1.54, 1.807) is 11.8 Å². The Kier molecular flexibility index (Phi) is 2.84. The third-order valence-corrected chi connectivity index (χ3v) is 2.12. The molecular formula is C7H14N2O2. The van der Waals surface area contributed by atoms with Gasteiger partial charge in [0, 0.05) is 26.1 Å². The van der Waals surface area contributed by atoms with Crippen molar-refractivity contribution in [3.63, 3.8) is 0 Å². The summed E-state index contributed by atoms with van der Waals surface area (Å²) in [5.74, 6) is 0.126. The van der Waals surface area contributed by atoms with E-state index in [0.717, 1.165) is 25.9 Å². The fourth-order valence-electron chi connectivity index (χ4n) is 1.32. The highest BCUT2D eigenvalue weighted by Gasteiger charge is 2.19. The van der Waals surface area contributed by atoms with Crippen molar-refractivity contribution in [3.8, 4) is 0 Å². The van der Waals surface area contributed by atoms with Crippen LogP contribution in [0.4, 0.5) is 0 Å². The molecular weight excluding hydrogens is 144 g/mol. The molecule has 1 aliphatic heterocycles. The van der Waals surface area contributed by atoms with Crippen molar-refractivity contribution in [2.75, 3.05) is 13.1 Å². The lowest BCUT2D eigenvalue weighted by atomic mass is 10.1. The van der Waals surface area contributed by atoms with Gasteiger partial charge in [0.1, 0.15) is 0 Å². The van der Waals surface area contributed by atoms with E-state index >= 15 is 0 Å². The average molecular weight is 158 g/mol. The number of likely N-dealkylation sites (tertiary alicyclic amines) is 1. The molecule has 0 spiro atoms. The Morgan fingerprint density at radius 3 is 2.45 bits per heavy atom. The van der Waals surface area contributed by atoms with Gasteiger partial charge in [0.2, 0.25) is 5.91 Å². The van der Waals surface area contributed by atoms with Crippen LogP contribution in [-0.2, 0) is 4.79 Å². The summed E-state index contributed by atoms with van der Waals surface area (Å²) in [5, 5.41) is 8.56. The van der Waals surface area contributed by atoms with Gasteiger partial charge in [0.15, 0.2) is 0 Å². The summed E-state index contributed by atoms with van der Waals surface area (Å²) >= 11 is 0. The molecule has 1 heterocycles. The fraction of sp³-hybridized carbons (Fsp3) is 0.857. The molecule has 0 bridgehead atoms. The standard InChI is InChI=1S/C7H14N2O2/c1-6(10)9-4-2-7(8-11)3-5-9/h7-8,11H,2-5H2,1H3. The number of hydroxylamine groups is 1. The zero-order chi connectivity index (χ0) is 8.27. The van der Waals surface area contributed by atoms with Crippen molar-refractivity contribution >= 4 is 5.91 Å². The van der Waals surface area contributed by atoms with Crippen LogP contribution in [0.15, 0.2) is 0 Å². The maximum Gasteiger partial charge on any atom is 0.219 e. The molecule has 0 aromatic rings. The summed E-state index contributed by atoms with van der Waals surface area (Å²) in [7, 11) is 0. The zero-order valence-corrected chi connectivity index (χ0v) is 6.71. The van der Waals surface area contributed by atoms with Crippen LogP contribution in [-0.4, -0.2) is 35.1 Å². The van der Waals surface area contributed by atoms with Gasteiger partial charge in [-0.15, -0.1) is 0 Å². The van der Waals surface area contributed by atoms with E-state index in [1.807, 2.05) is 0 Å². The molecule has 0 unspecified atom stereocenters. The minimum Gasteiger partial charge on any atom is -0.343 e. The highest BCUT2D eigenvalue weighted by Crippen LogP contribution is 2.09. The number of nitrogens with zero attached hydrogens (tertiary/aromatic N) is 1. The molecule has 1 saturated heterocycles. The highest BCUT2D eigenvalue weighted by molar-refractivity contribution is 5.73. The van der Waals surface area contributed by atoms with Gasteiger partial charge < -0.3 is 10.1 Å². The van der Waals surface area contributed by atoms with Crippen LogP contribution >= 0.6 is 0 Å². The lowest BCUT2D eigenvalue weighted by Crippen LogP contribution is -2.43. The second kappa shape index (κ2) is 3.69. The maximum atomic E-state index is 10.8. The second-order valence-corrected chi connectivity index (χ2v) is 2.91. The van der Waals surface area contributed by atoms with Crippen molar-refractivity contribution < 1.29 is 10.0 Å². The molecule has 1 fully saturated rings. The number of amides is 1. The first-order valence-corrected chi connectivity index (χ1v) is 3.89. The molecule has 64 valence electrons. The summed E-state index contributed by atoms with van der Waals surface area (Å²) in [6.45, 7) is 3.09. The molecule has 0 saturated carbocycles. The summed E-state index contributed by atoms with van der Waals surface area (Å²) in [5.41, 5.74) is 2.23. The SMILES string of the molecule is CC(=O)N1CCC(NO)CC1. The van der Waals surface area contributed by atoms with Crippen LogP contribution in [0.5, 0.6) is 0 Å². The number of hydrogen-bond acceptors (Lipinski definition) is 3. The smallest absolute Gasteiger partial charge is 0.219 e. The maximum absolute atomic E-state index is 10.8. The Morgan fingerprint density at radius 1 is 1.55 bits per heavy atom. The second-order valence-electron chi connectivity index (χ2n) is 2.91. The van der Waals surface area contributed by atoms with Crippen LogP contribution in [0.25, 0.3) is 0 Å². The molecule has 2 N–H and O–H groups in total. The van der Waals surface area contributed by atoms with Crippen molar-refractivity contribution in [2.24, 2.45) is 0 Å². The molecule has 4 heteroatoms. The third kappa shape index (κ3) is 2.17. The van der Waals surface area contributed by atoms with Crippen LogP contribution in [0.3, 0.4) is 0 Å². The first-order valence-electron chi connectivity index (χ1n) is 3.89. The molecule has 11 heavy (non-hydrogen) atoms. The van der Waals surface area contributed by atoms with Gasteiger partial charge in [-0.3, -0.25) is 4.79 Å². The van der Waals surface area contributed by atoms with Crippen molar-refractivity contribution in [2.45, 2.75) is 25.8 Å². The Balaban J connectivity index is 2.30. The average Bonchev–Trinajstić information content (AvgIpc) is 2.05. The molecule has 0 atom stereocenters. The van der Waals surface area contributed by atoms with E-state index in [1.165, 1.54) is 0 Å². The number of piperidine rings is 1. The summed E-state index contributed by atoms with van der Waals surface area (Å²) < 4.78 is 0. The third-order valence-electron chi connectivity index (χ3n) is 2.12. The molecule has 0 aromatic carbocycles. The van der Waals surface area contributed by atoms with Crippen molar-refractivity contribution in [3.05, 3.63) is 0 Å². The minimum atomic E-state index is 0.126. The first-order chi connectivity index (χ1) is 5.24. The zero-order valence-electron chi connectivity index (χ0n) is 6.71. The van der Waals surface area contributed by atoms with E-state index in [9.17, 15) is 4.79 Å². The van der Waals surface area contributed by atoms with Gasteiger partial charge in [-0.1, -0.05) is 0 Å². The summed E-state index contributed by atoms with van der Waals surface area (Å²) in [6, 6.07) is 0.172. The first kappa shape index (κ1) is 8.49. The van der Waals surface area contributed by atoms with Gasteiger partial charge in [0.25, 0.3) is 0 Å². The highest BCUT2D eigenvalue weighted by atomic mass is 16.5.